The van der Waals surface area contributed by atoms with Crippen molar-refractivity contribution in [2.45, 2.75) is 0 Å². The number of hydrogen-bond acceptors (Lipinski definition) is 4. The lowest BCUT2D eigenvalue weighted by Gasteiger charge is -2.02. The molecule has 0 unspecified atom stereocenters. The highest BCUT2D eigenvalue weighted by atomic mass is 16.6. The van der Waals surface area contributed by atoms with E-state index in [4.69, 9.17) is 10.0 Å². The Kier molecular flexibility index (Phi) is 1.92. The van der Waals surface area contributed by atoms with Gasteiger partial charge < -0.3 is 19.7 Å². The molecule has 2 aromatic rings. The molecule has 0 fully saturated rings. The van der Waals surface area contributed by atoms with Gasteiger partial charge in [-0.1, -0.05) is 0 Å². The van der Waals surface area contributed by atoms with E-state index in [2.05, 4.69) is 14.6 Å². The summed E-state index contributed by atoms with van der Waals surface area (Å²) in [6, 6.07) is 3.48. The molecular formula is C7H7BN2O3. The van der Waals surface area contributed by atoms with Crippen molar-refractivity contribution in [3.8, 4) is 5.75 Å². The summed E-state index contributed by atoms with van der Waals surface area (Å²) < 4.78 is 4.63. The Bertz CT molecular complexity index is 415. The maximum atomic E-state index is 8.53. The Morgan fingerprint density at radius 1 is 1.46 bits per heavy atom. The fourth-order valence-corrected chi connectivity index (χ4v) is 1.11. The second-order valence-electron chi connectivity index (χ2n) is 2.53. The van der Waals surface area contributed by atoms with Crippen LogP contribution in [0.1, 0.15) is 0 Å². The number of nitrogens with zero attached hydrogens (tertiary/aromatic N) is 1. The SMILES string of the molecule is OB(O)Oc1cnc2[nH]ccc2c1. The number of H-pyrrole nitrogens is 1. The molecule has 0 bridgehead atoms. The maximum Gasteiger partial charge on any atom is 0.707 e. The van der Waals surface area contributed by atoms with Crippen LogP contribution in [-0.2, 0) is 0 Å². The molecule has 0 aliphatic rings. The van der Waals surface area contributed by atoms with E-state index >= 15 is 0 Å². The normalized spacial score (nSPS) is 10.3. The van der Waals surface area contributed by atoms with Gasteiger partial charge >= 0.3 is 7.32 Å². The topological polar surface area (TPSA) is 78.4 Å². The third-order valence-electron chi connectivity index (χ3n) is 1.62. The maximum absolute atomic E-state index is 8.53. The van der Waals surface area contributed by atoms with Crippen LogP contribution in [0, 0.1) is 0 Å². The minimum atomic E-state index is -1.81. The van der Waals surface area contributed by atoms with Crippen molar-refractivity contribution in [2.24, 2.45) is 0 Å². The Balaban J connectivity index is 2.37. The summed E-state index contributed by atoms with van der Waals surface area (Å²) in [7, 11) is -1.81. The third-order valence-corrected chi connectivity index (χ3v) is 1.62. The molecule has 0 radical (unpaired) electrons. The standard InChI is InChI=1S/C7H7BN2O3/c11-8(12)13-6-3-5-1-2-9-7(5)10-4-6/h1-4,11-12H,(H,9,10). The van der Waals surface area contributed by atoms with Gasteiger partial charge in [0.05, 0.1) is 6.20 Å². The van der Waals surface area contributed by atoms with Gasteiger partial charge in [0.15, 0.2) is 0 Å². The van der Waals surface area contributed by atoms with Gasteiger partial charge in [0.1, 0.15) is 11.4 Å². The first kappa shape index (κ1) is 8.09. The number of pyridine rings is 1. The van der Waals surface area contributed by atoms with E-state index in [9.17, 15) is 0 Å². The van der Waals surface area contributed by atoms with E-state index in [1.807, 2.05) is 6.07 Å². The summed E-state index contributed by atoms with van der Waals surface area (Å²) in [5.41, 5.74) is 0.736. The van der Waals surface area contributed by atoms with Crippen LogP contribution in [0.3, 0.4) is 0 Å². The molecule has 13 heavy (non-hydrogen) atoms. The first-order chi connectivity index (χ1) is 6.25. The van der Waals surface area contributed by atoms with Crippen molar-refractivity contribution in [3.63, 3.8) is 0 Å². The monoisotopic (exact) mass is 178 g/mol. The van der Waals surface area contributed by atoms with E-state index in [0.717, 1.165) is 11.0 Å². The molecule has 0 aliphatic heterocycles. The molecule has 2 heterocycles. The van der Waals surface area contributed by atoms with Gasteiger partial charge in [-0.3, -0.25) is 0 Å². The van der Waals surface area contributed by atoms with Crippen molar-refractivity contribution in [3.05, 3.63) is 24.5 Å². The van der Waals surface area contributed by atoms with Crippen LogP contribution in [0.15, 0.2) is 24.5 Å². The van der Waals surface area contributed by atoms with Gasteiger partial charge in [0.2, 0.25) is 0 Å². The van der Waals surface area contributed by atoms with Gasteiger partial charge in [0, 0.05) is 11.6 Å². The van der Waals surface area contributed by atoms with E-state index < -0.39 is 7.32 Å². The minimum absolute atomic E-state index is 0.321. The van der Waals surface area contributed by atoms with Crippen LogP contribution in [0.25, 0.3) is 11.0 Å². The fraction of sp³-hybridized carbons (Fsp3) is 0. The number of rotatable bonds is 2. The van der Waals surface area contributed by atoms with Crippen molar-refractivity contribution in [2.75, 3.05) is 0 Å². The Morgan fingerprint density at radius 2 is 2.31 bits per heavy atom. The Morgan fingerprint density at radius 3 is 3.08 bits per heavy atom. The van der Waals surface area contributed by atoms with Gasteiger partial charge in [0.25, 0.3) is 0 Å². The number of fused-ring (bicyclic) bond motifs is 1. The molecule has 2 aromatic heterocycles. The first-order valence-electron chi connectivity index (χ1n) is 3.71. The van der Waals surface area contributed by atoms with E-state index in [0.29, 0.717) is 5.75 Å². The largest absolute Gasteiger partial charge is 0.707 e. The van der Waals surface area contributed by atoms with Gasteiger partial charge in [-0.2, -0.15) is 0 Å². The summed E-state index contributed by atoms with van der Waals surface area (Å²) in [5.74, 6) is 0.321. The highest BCUT2D eigenvalue weighted by Crippen LogP contribution is 2.16. The Labute approximate surface area is 74.2 Å². The van der Waals surface area contributed by atoms with Crippen molar-refractivity contribution in [1.82, 2.24) is 9.97 Å². The molecule has 5 nitrogen and oxygen atoms in total. The molecule has 0 saturated carbocycles. The molecule has 0 saturated heterocycles. The van der Waals surface area contributed by atoms with Crippen LogP contribution in [-0.4, -0.2) is 27.3 Å². The van der Waals surface area contributed by atoms with Gasteiger partial charge in [-0.05, 0) is 12.1 Å². The average molecular weight is 178 g/mol. The van der Waals surface area contributed by atoms with Crippen LogP contribution in [0.4, 0.5) is 0 Å². The summed E-state index contributed by atoms with van der Waals surface area (Å²) in [5, 5.41) is 17.9. The quantitative estimate of drug-likeness (QED) is 0.561. The van der Waals surface area contributed by atoms with E-state index in [1.54, 1.807) is 12.3 Å². The minimum Gasteiger partial charge on any atom is -0.511 e. The fourth-order valence-electron chi connectivity index (χ4n) is 1.11. The molecule has 6 heteroatoms. The second kappa shape index (κ2) is 3.08. The third kappa shape index (κ3) is 1.63. The van der Waals surface area contributed by atoms with Gasteiger partial charge in [-0.15, -0.1) is 0 Å². The highest BCUT2D eigenvalue weighted by Gasteiger charge is 2.11. The molecule has 0 amide bonds. The summed E-state index contributed by atoms with van der Waals surface area (Å²) >= 11 is 0. The van der Waals surface area contributed by atoms with Crippen molar-refractivity contribution < 1.29 is 14.7 Å². The van der Waals surface area contributed by atoms with Crippen molar-refractivity contribution in [1.29, 1.82) is 0 Å². The molecule has 0 aromatic carbocycles. The first-order valence-corrected chi connectivity index (χ1v) is 3.71. The highest BCUT2D eigenvalue weighted by molar-refractivity contribution is 6.33. The zero-order valence-electron chi connectivity index (χ0n) is 6.64. The van der Waals surface area contributed by atoms with E-state index in [1.165, 1.54) is 6.20 Å². The van der Waals surface area contributed by atoms with Crippen LogP contribution in [0.2, 0.25) is 0 Å². The van der Waals surface area contributed by atoms with Crippen LogP contribution in [0.5, 0.6) is 5.75 Å². The molecule has 0 spiro atoms. The average Bonchev–Trinajstić information content (AvgIpc) is 2.49. The molecule has 2 rings (SSSR count). The predicted molar refractivity (Wildman–Crippen MR) is 46.9 cm³/mol. The summed E-state index contributed by atoms with van der Waals surface area (Å²) in [6.45, 7) is 0. The lowest BCUT2D eigenvalue weighted by molar-refractivity contribution is 0.288. The van der Waals surface area contributed by atoms with Crippen LogP contribution < -0.4 is 4.65 Å². The van der Waals surface area contributed by atoms with Crippen molar-refractivity contribution >= 4 is 18.4 Å². The molecular weight excluding hydrogens is 171 g/mol. The summed E-state index contributed by atoms with van der Waals surface area (Å²) in [4.78, 5) is 6.90. The summed E-state index contributed by atoms with van der Waals surface area (Å²) in [6.07, 6.45) is 3.16. The Hall–Kier alpha value is -1.53. The number of aromatic amines is 1. The predicted octanol–water partition coefficient (Wildman–Crippen LogP) is -0.0888. The molecule has 0 aliphatic carbocycles. The van der Waals surface area contributed by atoms with Gasteiger partial charge in [-0.25, -0.2) is 4.98 Å². The zero-order chi connectivity index (χ0) is 9.26. The molecule has 3 N–H and O–H groups in total. The number of aromatic nitrogens is 2. The molecule has 0 atom stereocenters. The smallest absolute Gasteiger partial charge is 0.511 e. The number of nitrogens with one attached hydrogen (secondary N) is 1. The number of hydrogen-bond donors (Lipinski definition) is 3. The lowest BCUT2D eigenvalue weighted by atomic mass is 10.2. The lowest BCUT2D eigenvalue weighted by Crippen LogP contribution is -2.20. The van der Waals surface area contributed by atoms with E-state index in [-0.39, 0.29) is 0 Å². The zero-order valence-corrected chi connectivity index (χ0v) is 6.64. The second-order valence-corrected chi connectivity index (χ2v) is 2.53. The van der Waals surface area contributed by atoms with Crippen LogP contribution >= 0.6 is 0 Å². The molecule has 66 valence electrons.